The Hall–Kier alpha value is -4.02. The molecule has 0 spiro atoms. The Kier molecular flexibility index (Phi) is 8.65. The standard InChI is InChI=1S/C31H28FN5O2.2H2S/c1-4-36-30-26(19(2)34-37(30)24-8-6-5-7-9-24)27(20-10-13-23(32)14-11-20)28(31(36)39)33-29(38)22-12-15-25-21(18-22)16-17-35(25)3;;/h5-18,27-28H,4H2,1-3H3,(H,33,38);2*1H2/t27-,28-;;/m0../s1. The third-order valence-corrected chi connectivity index (χ3v) is 7.49. The summed E-state index contributed by atoms with van der Waals surface area (Å²) in [6.07, 6.45) is 1.94. The fourth-order valence-corrected chi connectivity index (χ4v) is 5.61. The van der Waals surface area contributed by atoms with Gasteiger partial charge in [0.1, 0.15) is 17.7 Å². The quantitative estimate of drug-likeness (QED) is 0.301. The number of rotatable bonds is 5. The van der Waals surface area contributed by atoms with Crippen molar-refractivity contribution >= 4 is 55.5 Å². The van der Waals surface area contributed by atoms with E-state index in [9.17, 15) is 14.0 Å². The van der Waals surface area contributed by atoms with E-state index in [-0.39, 0.29) is 44.6 Å². The molecule has 212 valence electrons. The van der Waals surface area contributed by atoms with Crippen molar-refractivity contribution < 1.29 is 14.0 Å². The van der Waals surface area contributed by atoms with E-state index >= 15 is 0 Å². The highest BCUT2D eigenvalue weighted by molar-refractivity contribution is 7.59. The van der Waals surface area contributed by atoms with Gasteiger partial charge in [0.15, 0.2) is 0 Å². The number of aromatic nitrogens is 3. The Bertz CT molecular complexity index is 1720. The van der Waals surface area contributed by atoms with Crippen LogP contribution in [0.2, 0.25) is 0 Å². The molecule has 2 amide bonds. The van der Waals surface area contributed by atoms with Crippen molar-refractivity contribution in [2.45, 2.75) is 25.8 Å². The van der Waals surface area contributed by atoms with Crippen molar-refractivity contribution in [1.29, 1.82) is 0 Å². The zero-order chi connectivity index (χ0) is 27.3. The van der Waals surface area contributed by atoms with E-state index in [2.05, 4.69) is 5.32 Å². The smallest absolute Gasteiger partial charge is 0.251 e. The molecule has 2 atom stereocenters. The van der Waals surface area contributed by atoms with Gasteiger partial charge in [-0.25, -0.2) is 9.07 Å². The van der Waals surface area contributed by atoms with Crippen LogP contribution in [0.1, 0.15) is 40.0 Å². The van der Waals surface area contributed by atoms with Gasteiger partial charge < -0.3 is 9.88 Å². The number of fused-ring (bicyclic) bond motifs is 2. The maximum Gasteiger partial charge on any atom is 0.251 e. The second kappa shape index (κ2) is 11.8. The summed E-state index contributed by atoms with van der Waals surface area (Å²) in [5.41, 5.74) is 4.58. The molecule has 1 aliphatic rings. The molecule has 0 fully saturated rings. The number of hydrogen-bond donors (Lipinski definition) is 1. The number of para-hydroxylation sites is 1. The van der Waals surface area contributed by atoms with E-state index in [4.69, 9.17) is 5.10 Å². The van der Waals surface area contributed by atoms with Gasteiger partial charge in [-0.1, -0.05) is 30.3 Å². The van der Waals surface area contributed by atoms with Gasteiger partial charge in [0, 0.05) is 47.7 Å². The highest BCUT2D eigenvalue weighted by atomic mass is 32.1. The topological polar surface area (TPSA) is 72.2 Å². The first kappa shape index (κ1) is 30.0. The normalized spacial score (nSPS) is 16.1. The molecule has 7 nitrogen and oxygen atoms in total. The minimum atomic E-state index is -0.908. The molecule has 3 heterocycles. The van der Waals surface area contributed by atoms with E-state index in [1.165, 1.54) is 12.1 Å². The zero-order valence-corrected chi connectivity index (χ0v) is 24.9. The van der Waals surface area contributed by atoms with Crippen LogP contribution >= 0.6 is 27.0 Å². The fourth-order valence-electron chi connectivity index (χ4n) is 5.61. The molecule has 2 aromatic heterocycles. The van der Waals surface area contributed by atoms with Crippen LogP contribution in [0, 0.1) is 12.7 Å². The van der Waals surface area contributed by atoms with Crippen molar-refractivity contribution in [2.24, 2.45) is 7.05 Å². The van der Waals surface area contributed by atoms with Crippen LogP contribution in [-0.2, 0) is 11.8 Å². The van der Waals surface area contributed by atoms with E-state index in [1.807, 2.05) is 80.2 Å². The number of carbonyl (C=O) groups excluding carboxylic acids is 2. The Morgan fingerprint density at radius 2 is 1.71 bits per heavy atom. The number of anilines is 1. The molecule has 0 radical (unpaired) electrons. The summed E-state index contributed by atoms with van der Waals surface area (Å²) in [5.74, 6) is -0.858. The average Bonchev–Trinajstić information content (AvgIpc) is 3.49. The lowest BCUT2D eigenvalue weighted by molar-refractivity contribution is -0.121. The molecule has 10 heteroatoms. The first-order valence-electron chi connectivity index (χ1n) is 12.9. The SMILES string of the molecule is CCN1C(=O)[C@@H](NC(=O)c2ccc3c(ccn3C)c2)[C@@H](c2ccc(F)cc2)c2c(C)nn(-c3ccccc3)c21.S.S. The molecule has 6 rings (SSSR count). The summed E-state index contributed by atoms with van der Waals surface area (Å²) < 4.78 is 17.7. The van der Waals surface area contributed by atoms with Crippen LogP contribution in [0.3, 0.4) is 0 Å². The van der Waals surface area contributed by atoms with Gasteiger partial charge in [-0.05, 0) is 67.9 Å². The van der Waals surface area contributed by atoms with Crippen LogP contribution in [-0.4, -0.2) is 38.7 Å². The molecule has 0 aliphatic carbocycles. The first-order valence-corrected chi connectivity index (χ1v) is 12.9. The van der Waals surface area contributed by atoms with Gasteiger partial charge in [-0.2, -0.15) is 32.1 Å². The lowest BCUT2D eigenvalue weighted by Crippen LogP contribution is -2.55. The molecule has 0 bridgehead atoms. The highest BCUT2D eigenvalue weighted by Crippen LogP contribution is 2.43. The molecule has 0 saturated carbocycles. The number of nitrogens with zero attached hydrogens (tertiary/aromatic N) is 4. The van der Waals surface area contributed by atoms with E-state index in [0.29, 0.717) is 17.9 Å². The van der Waals surface area contributed by atoms with Gasteiger partial charge in [0.25, 0.3) is 11.8 Å². The molecule has 0 saturated heterocycles. The molecule has 1 N–H and O–H groups in total. The number of aryl methyl sites for hydroxylation is 2. The third-order valence-electron chi connectivity index (χ3n) is 7.49. The number of hydrogen-bond acceptors (Lipinski definition) is 3. The summed E-state index contributed by atoms with van der Waals surface area (Å²) in [4.78, 5) is 29.4. The molecule has 1 aliphatic heterocycles. The summed E-state index contributed by atoms with van der Waals surface area (Å²) in [6, 6.07) is 22.3. The van der Waals surface area contributed by atoms with E-state index in [0.717, 1.165) is 33.4 Å². The molecule has 5 aromatic rings. The Morgan fingerprint density at radius 3 is 2.39 bits per heavy atom. The predicted molar refractivity (Wildman–Crippen MR) is 170 cm³/mol. The summed E-state index contributed by atoms with van der Waals surface area (Å²) in [6.45, 7) is 4.20. The number of carbonyl (C=O) groups is 2. The van der Waals surface area contributed by atoms with Crippen LogP contribution in [0.5, 0.6) is 0 Å². The number of amides is 2. The number of likely N-dealkylation sites (N-methyl/N-ethyl adjacent to an activating group) is 1. The lowest BCUT2D eigenvalue weighted by atomic mass is 9.81. The summed E-state index contributed by atoms with van der Waals surface area (Å²) >= 11 is 0. The molecule has 0 unspecified atom stereocenters. The van der Waals surface area contributed by atoms with Crippen molar-refractivity contribution in [2.75, 3.05) is 11.4 Å². The largest absolute Gasteiger partial charge is 0.351 e. The maximum atomic E-state index is 14.1. The minimum absolute atomic E-state index is 0. The molecular formula is C31H32FN5O2S2. The van der Waals surface area contributed by atoms with Gasteiger partial charge in [0.05, 0.1) is 11.4 Å². The number of benzene rings is 3. The van der Waals surface area contributed by atoms with Crippen molar-refractivity contribution in [3.05, 3.63) is 113 Å². The lowest BCUT2D eigenvalue weighted by Gasteiger charge is -2.38. The maximum absolute atomic E-state index is 14.1. The van der Waals surface area contributed by atoms with Crippen LogP contribution < -0.4 is 10.2 Å². The van der Waals surface area contributed by atoms with Crippen LogP contribution in [0.25, 0.3) is 16.6 Å². The monoisotopic (exact) mass is 589 g/mol. The van der Waals surface area contributed by atoms with Crippen molar-refractivity contribution in [1.82, 2.24) is 19.7 Å². The predicted octanol–water partition coefficient (Wildman–Crippen LogP) is 5.33. The fraction of sp³-hybridized carbons (Fsp3) is 0.194. The first-order chi connectivity index (χ1) is 18.9. The summed E-state index contributed by atoms with van der Waals surface area (Å²) in [7, 11) is 1.95. The number of halogens is 1. The van der Waals surface area contributed by atoms with Gasteiger partial charge in [-0.15, -0.1) is 0 Å². The molecular weight excluding hydrogens is 558 g/mol. The van der Waals surface area contributed by atoms with E-state index < -0.39 is 12.0 Å². The van der Waals surface area contributed by atoms with Gasteiger partial charge >= 0.3 is 0 Å². The van der Waals surface area contributed by atoms with Gasteiger partial charge in [-0.3, -0.25) is 14.5 Å². The second-order valence-electron chi connectivity index (χ2n) is 9.83. The van der Waals surface area contributed by atoms with Gasteiger partial charge in [0.2, 0.25) is 0 Å². The molecule has 41 heavy (non-hydrogen) atoms. The number of nitrogens with one attached hydrogen (secondary N) is 1. The van der Waals surface area contributed by atoms with Crippen molar-refractivity contribution in [3.8, 4) is 5.69 Å². The highest BCUT2D eigenvalue weighted by Gasteiger charge is 2.45. The Labute approximate surface area is 251 Å². The second-order valence-corrected chi connectivity index (χ2v) is 9.83. The van der Waals surface area contributed by atoms with Crippen molar-refractivity contribution in [3.63, 3.8) is 0 Å². The average molecular weight is 590 g/mol. The van der Waals surface area contributed by atoms with Crippen LogP contribution in [0.15, 0.2) is 85.1 Å². The summed E-state index contributed by atoms with van der Waals surface area (Å²) in [5, 5.41) is 8.80. The van der Waals surface area contributed by atoms with Crippen LogP contribution in [0.4, 0.5) is 10.2 Å². The minimum Gasteiger partial charge on any atom is -0.351 e. The molecule has 3 aromatic carbocycles. The van der Waals surface area contributed by atoms with E-state index in [1.54, 1.807) is 27.8 Å². The Balaban J connectivity index is 0.00000194. The third kappa shape index (κ3) is 5.13. The Morgan fingerprint density at radius 1 is 1.00 bits per heavy atom. The zero-order valence-electron chi connectivity index (χ0n) is 22.9.